The van der Waals surface area contributed by atoms with Gasteiger partial charge >= 0.3 is 0 Å². The average molecular weight is 192 g/mol. The number of rotatable bonds is 1. The van der Waals surface area contributed by atoms with E-state index in [1.54, 1.807) is 12.1 Å². The largest absolute Gasteiger partial charge is 0.464 e. The average Bonchev–Trinajstić information content (AvgIpc) is 2.75. The topological polar surface area (TPSA) is 33.4 Å². The summed E-state index contributed by atoms with van der Waals surface area (Å²) in [7, 11) is 0. The fourth-order valence-electron chi connectivity index (χ4n) is 1.73. The van der Waals surface area contributed by atoms with Gasteiger partial charge in [0.05, 0.1) is 11.9 Å². The lowest BCUT2D eigenvalue weighted by atomic mass is 10.1. The molecule has 0 atom stereocenters. The van der Waals surface area contributed by atoms with Crippen molar-refractivity contribution in [3.05, 3.63) is 35.8 Å². The summed E-state index contributed by atoms with van der Waals surface area (Å²) >= 11 is 0. The van der Waals surface area contributed by atoms with Crippen molar-refractivity contribution in [1.82, 2.24) is 0 Å². The van der Waals surface area contributed by atoms with Gasteiger partial charge in [-0.05, 0) is 25.0 Å². The van der Waals surface area contributed by atoms with Crippen molar-refractivity contribution in [2.75, 3.05) is 0 Å². The van der Waals surface area contributed by atoms with Crippen LogP contribution in [0.4, 0.5) is 4.39 Å². The molecule has 1 aromatic carbocycles. The monoisotopic (exact) mass is 192 g/mol. The van der Waals surface area contributed by atoms with Gasteiger partial charge in [0.15, 0.2) is 0 Å². The van der Waals surface area contributed by atoms with Crippen LogP contribution in [0.5, 0.6) is 0 Å². The van der Waals surface area contributed by atoms with Crippen molar-refractivity contribution in [2.45, 2.75) is 18.4 Å². The van der Waals surface area contributed by atoms with Crippen LogP contribution >= 0.6 is 0 Å². The van der Waals surface area contributed by atoms with Gasteiger partial charge < -0.3 is 9.52 Å². The molecule has 0 radical (unpaired) electrons. The zero-order chi connectivity index (χ0) is 9.76. The summed E-state index contributed by atoms with van der Waals surface area (Å²) < 4.78 is 18.6. The smallest absolute Gasteiger partial charge is 0.136 e. The normalized spacial score (nSPS) is 18.7. The fourth-order valence-corrected chi connectivity index (χ4v) is 1.73. The summed E-state index contributed by atoms with van der Waals surface area (Å²) in [5, 5.41) is 10.6. The molecular formula is C11H9FO2. The van der Waals surface area contributed by atoms with Gasteiger partial charge in [-0.2, -0.15) is 0 Å². The number of hydrogen-bond donors (Lipinski definition) is 1. The van der Waals surface area contributed by atoms with Crippen LogP contribution in [-0.2, 0) is 5.60 Å². The van der Waals surface area contributed by atoms with Gasteiger partial charge in [0.2, 0.25) is 0 Å². The third-order valence-corrected chi connectivity index (χ3v) is 2.77. The molecule has 1 fully saturated rings. The maximum Gasteiger partial charge on any atom is 0.136 e. The molecule has 1 N–H and O–H groups in total. The van der Waals surface area contributed by atoms with Crippen molar-refractivity contribution < 1.29 is 13.9 Å². The van der Waals surface area contributed by atoms with E-state index in [0.717, 1.165) is 5.39 Å². The van der Waals surface area contributed by atoms with Crippen LogP contribution < -0.4 is 0 Å². The summed E-state index contributed by atoms with van der Waals surface area (Å²) in [6, 6.07) is 4.77. The number of furan rings is 1. The van der Waals surface area contributed by atoms with E-state index in [1.165, 1.54) is 12.3 Å². The van der Waals surface area contributed by atoms with Crippen LogP contribution in [0, 0.1) is 5.82 Å². The van der Waals surface area contributed by atoms with E-state index in [2.05, 4.69) is 0 Å². The lowest BCUT2D eigenvalue weighted by molar-refractivity contribution is 0.147. The van der Waals surface area contributed by atoms with Crippen LogP contribution in [-0.4, -0.2) is 5.11 Å². The number of halogens is 1. The molecule has 3 rings (SSSR count). The minimum Gasteiger partial charge on any atom is -0.464 e. The van der Waals surface area contributed by atoms with Crippen LogP contribution in [0.3, 0.4) is 0 Å². The third-order valence-electron chi connectivity index (χ3n) is 2.77. The lowest BCUT2D eigenvalue weighted by Gasteiger charge is -2.08. The third kappa shape index (κ3) is 0.990. The molecule has 0 saturated heterocycles. The Bertz CT molecular complexity index is 497. The van der Waals surface area contributed by atoms with E-state index in [0.29, 0.717) is 24.0 Å². The first kappa shape index (κ1) is 8.00. The molecule has 1 aliphatic rings. The van der Waals surface area contributed by atoms with Gasteiger partial charge in [0.1, 0.15) is 11.4 Å². The molecule has 0 spiro atoms. The summed E-state index contributed by atoms with van der Waals surface area (Å²) in [4.78, 5) is 0. The van der Waals surface area contributed by atoms with E-state index in [1.807, 2.05) is 0 Å². The van der Waals surface area contributed by atoms with Gasteiger partial charge in [-0.1, -0.05) is 0 Å². The fraction of sp³-hybridized carbons (Fsp3) is 0.273. The Morgan fingerprint density at radius 2 is 2.14 bits per heavy atom. The van der Waals surface area contributed by atoms with Gasteiger partial charge in [0, 0.05) is 17.0 Å². The lowest BCUT2D eigenvalue weighted by Crippen LogP contribution is -2.06. The van der Waals surface area contributed by atoms with Crippen LogP contribution in [0.1, 0.15) is 18.4 Å². The van der Waals surface area contributed by atoms with Gasteiger partial charge in [-0.25, -0.2) is 4.39 Å². The van der Waals surface area contributed by atoms with Crippen molar-refractivity contribution in [3.63, 3.8) is 0 Å². The SMILES string of the molecule is OC1(c2cc3ccoc3cc2F)CC1. The Morgan fingerprint density at radius 3 is 2.86 bits per heavy atom. The van der Waals surface area contributed by atoms with Crippen LogP contribution in [0.25, 0.3) is 11.0 Å². The zero-order valence-corrected chi connectivity index (χ0v) is 7.46. The molecule has 0 aliphatic heterocycles. The molecule has 1 aliphatic carbocycles. The first-order chi connectivity index (χ1) is 6.69. The summed E-state index contributed by atoms with van der Waals surface area (Å²) in [6.07, 6.45) is 2.81. The van der Waals surface area contributed by atoms with Crippen molar-refractivity contribution in [2.24, 2.45) is 0 Å². The van der Waals surface area contributed by atoms with Gasteiger partial charge in [-0.15, -0.1) is 0 Å². The first-order valence-electron chi connectivity index (χ1n) is 4.59. The predicted octanol–water partition coefficient (Wildman–Crippen LogP) is 2.55. The van der Waals surface area contributed by atoms with Gasteiger partial charge in [0.25, 0.3) is 0 Å². The second-order valence-corrected chi connectivity index (χ2v) is 3.82. The number of fused-ring (bicyclic) bond motifs is 1. The standard InChI is InChI=1S/C11H9FO2/c12-9-6-10-7(1-4-14-10)5-8(9)11(13)2-3-11/h1,4-6,13H,2-3H2. The molecule has 3 heteroatoms. The molecule has 2 aromatic rings. The van der Waals surface area contributed by atoms with Crippen LogP contribution in [0.15, 0.2) is 28.9 Å². The summed E-state index contributed by atoms with van der Waals surface area (Å²) in [5.74, 6) is -0.382. The second kappa shape index (κ2) is 2.36. The molecule has 14 heavy (non-hydrogen) atoms. The molecule has 0 bridgehead atoms. The quantitative estimate of drug-likeness (QED) is 0.753. The maximum atomic E-state index is 13.5. The molecule has 1 aromatic heterocycles. The molecule has 1 heterocycles. The van der Waals surface area contributed by atoms with Crippen molar-refractivity contribution in [3.8, 4) is 0 Å². The molecule has 0 unspecified atom stereocenters. The van der Waals surface area contributed by atoms with Crippen molar-refractivity contribution in [1.29, 1.82) is 0 Å². The predicted molar refractivity (Wildman–Crippen MR) is 49.3 cm³/mol. The molecular weight excluding hydrogens is 183 g/mol. The minimum atomic E-state index is -0.921. The molecule has 72 valence electrons. The van der Waals surface area contributed by atoms with Gasteiger partial charge in [-0.3, -0.25) is 0 Å². The molecule has 2 nitrogen and oxygen atoms in total. The highest BCUT2D eigenvalue weighted by Crippen LogP contribution is 2.46. The maximum absolute atomic E-state index is 13.5. The second-order valence-electron chi connectivity index (χ2n) is 3.82. The Hall–Kier alpha value is -1.35. The Morgan fingerprint density at radius 1 is 1.36 bits per heavy atom. The number of hydrogen-bond acceptors (Lipinski definition) is 2. The van der Waals surface area contributed by atoms with E-state index in [-0.39, 0.29) is 5.82 Å². The van der Waals surface area contributed by atoms with E-state index in [4.69, 9.17) is 4.42 Å². The highest BCUT2D eigenvalue weighted by atomic mass is 19.1. The highest BCUT2D eigenvalue weighted by molar-refractivity contribution is 5.78. The Balaban J connectivity index is 2.27. The summed E-state index contributed by atoms with van der Waals surface area (Å²) in [5.41, 5.74) is -0.00266. The number of benzene rings is 1. The van der Waals surface area contributed by atoms with E-state index < -0.39 is 5.60 Å². The minimum absolute atomic E-state index is 0.382. The van der Waals surface area contributed by atoms with E-state index in [9.17, 15) is 9.50 Å². The highest BCUT2D eigenvalue weighted by Gasteiger charge is 2.44. The summed E-state index contributed by atoms with van der Waals surface area (Å²) in [6.45, 7) is 0. The van der Waals surface area contributed by atoms with Crippen molar-refractivity contribution >= 4 is 11.0 Å². The molecule has 0 amide bonds. The van der Waals surface area contributed by atoms with E-state index >= 15 is 0 Å². The Labute approximate surface area is 80.0 Å². The first-order valence-corrected chi connectivity index (χ1v) is 4.59. The number of aliphatic hydroxyl groups is 1. The Kier molecular flexibility index (Phi) is 1.35. The van der Waals surface area contributed by atoms with Crippen LogP contribution in [0.2, 0.25) is 0 Å². The zero-order valence-electron chi connectivity index (χ0n) is 7.46. The molecule has 1 saturated carbocycles.